The standard InChI is InChI=1S/C20H19N3O6/c1-12(13-2-4-15-17(8-13)27-7-6-26-15)22-23-19(24)10-21-20(25)14-3-5-16-18(9-14)29-11-28-16/h2-5,8-9H,6-7,10-11H2,1H3,(H,21,25)(H,23,24). The van der Waals surface area contributed by atoms with Crippen molar-refractivity contribution in [3.8, 4) is 23.0 Å². The zero-order chi connectivity index (χ0) is 20.2. The van der Waals surface area contributed by atoms with Gasteiger partial charge in [0.15, 0.2) is 23.0 Å². The number of rotatable bonds is 5. The summed E-state index contributed by atoms with van der Waals surface area (Å²) in [7, 11) is 0. The average molecular weight is 397 g/mol. The van der Waals surface area contributed by atoms with E-state index in [9.17, 15) is 9.59 Å². The third-order valence-electron chi connectivity index (χ3n) is 4.35. The van der Waals surface area contributed by atoms with Crippen molar-refractivity contribution in [3.63, 3.8) is 0 Å². The second-order valence-electron chi connectivity index (χ2n) is 6.34. The highest BCUT2D eigenvalue weighted by atomic mass is 16.7. The SMILES string of the molecule is CC(=NNC(=O)CNC(=O)c1ccc2c(c1)OCO2)c1ccc2c(c1)OCCO2. The van der Waals surface area contributed by atoms with E-state index in [2.05, 4.69) is 15.8 Å². The summed E-state index contributed by atoms with van der Waals surface area (Å²) in [6.07, 6.45) is 0. The predicted octanol–water partition coefficient (Wildman–Crippen LogP) is 1.46. The smallest absolute Gasteiger partial charge is 0.259 e. The van der Waals surface area contributed by atoms with Crippen molar-refractivity contribution in [1.29, 1.82) is 0 Å². The van der Waals surface area contributed by atoms with Gasteiger partial charge in [-0.05, 0) is 43.3 Å². The molecule has 0 radical (unpaired) electrons. The summed E-state index contributed by atoms with van der Waals surface area (Å²) in [4.78, 5) is 24.2. The molecular formula is C20H19N3O6. The number of benzene rings is 2. The Balaban J connectivity index is 1.31. The zero-order valence-electron chi connectivity index (χ0n) is 15.7. The van der Waals surface area contributed by atoms with Crippen molar-refractivity contribution >= 4 is 17.5 Å². The Bertz CT molecular complexity index is 988. The van der Waals surface area contributed by atoms with Gasteiger partial charge in [0.1, 0.15) is 13.2 Å². The normalized spacial score (nSPS) is 14.3. The molecule has 0 saturated carbocycles. The van der Waals surface area contributed by atoms with Crippen LogP contribution in [0.25, 0.3) is 0 Å². The van der Waals surface area contributed by atoms with Crippen LogP contribution in [-0.2, 0) is 4.79 Å². The van der Waals surface area contributed by atoms with E-state index in [1.807, 2.05) is 6.07 Å². The Morgan fingerprint density at radius 3 is 2.34 bits per heavy atom. The van der Waals surface area contributed by atoms with Gasteiger partial charge in [-0.2, -0.15) is 5.10 Å². The highest BCUT2D eigenvalue weighted by Crippen LogP contribution is 2.32. The highest BCUT2D eigenvalue weighted by molar-refractivity contribution is 6.00. The van der Waals surface area contributed by atoms with E-state index >= 15 is 0 Å². The lowest BCUT2D eigenvalue weighted by molar-refractivity contribution is -0.120. The third-order valence-corrected chi connectivity index (χ3v) is 4.35. The lowest BCUT2D eigenvalue weighted by atomic mass is 10.1. The number of carbonyl (C=O) groups is 2. The molecule has 0 aliphatic carbocycles. The molecule has 29 heavy (non-hydrogen) atoms. The Morgan fingerprint density at radius 1 is 0.897 bits per heavy atom. The van der Waals surface area contributed by atoms with E-state index in [4.69, 9.17) is 18.9 Å². The number of fused-ring (bicyclic) bond motifs is 2. The van der Waals surface area contributed by atoms with Gasteiger partial charge in [-0.3, -0.25) is 9.59 Å². The lowest BCUT2D eigenvalue weighted by Gasteiger charge is -2.18. The molecular weight excluding hydrogens is 378 g/mol. The van der Waals surface area contributed by atoms with Gasteiger partial charge in [0.2, 0.25) is 6.79 Å². The maximum atomic E-state index is 12.2. The molecule has 9 nitrogen and oxygen atoms in total. The van der Waals surface area contributed by atoms with Crippen molar-refractivity contribution < 1.29 is 28.5 Å². The summed E-state index contributed by atoms with van der Waals surface area (Å²) >= 11 is 0. The second-order valence-corrected chi connectivity index (χ2v) is 6.34. The van der Waals surface area contributed by atoms with Gasteiger partial charge in [-0.25, -0.2) is 5.43 Å². The number of hydrazone groups is 1. The minimum Gasteiger partial charge on any atom is -0.486 e. The maximum Gasteiger partial charge on any atom is 0.259 e. The summed E-state index contributed by atoms with van der Waals surface area (Å²) in [5.41, 5.74) is 4.19. The molecule has 0 saturated heterocycles. The molecule has 0 bridgehead atoms. The molecule has 2 aliphatic rings. The molecule has 2 aromatic rings. The number of carbonyl (C=O) groups excluding carboxylic acids is 2. The first-order valence-corrected chi connectivity index (χ1v) is 9.01. The third kappa shape index (κ3) is 4.23. The molecule has 0 aromatic heterocycles. The van der Waals surface area contributed by atoms with Crippen LogP contribution in [0, 0.1) is 0 Å². The molecule has 150 valence electrons. The molecule has 0 atom stereocenters. The Kier molecular flexibility index (Phi) is 5.19. The van der Waals surface area contributed by atoms with Crippen LogP contribution in [0.1, 0.15) is 22.8 Å². The molecule has 2 aromatic carbocycles. The molecule has 4 rings (SSSR count). The molecule has 0 fully saturated rings. The lowest BCUT2D eigenvalue weighted by Crippen LogP contribution is -2.35. The van der Waals surface area contributed by atoms with Crippen molar-refractivity contribution in [2.45, 2.75) is 6.92 Å². The van der Waals surface area contributed by atoms with Crippen LogP contribution in [0.2, 0.25) is 0 Å². The molecule has 0 spiro atoms. The average Bonchev–Trinajstić information content (AvgIpc) is 3.23. The van der Waals surface area contributed by atoms with Gasteiger partial charge in [-0.15, -0.1) is 0 Å². The zero-order valence-corrected chi connectivity index (χ0v) is 15.7. The predicted molar refractivity (Wildman–Crippen MR) is 103 cm³/mol. The molecule has 0 unspecified atom stereocenters. The maximum absolute atomic E-state index is 12.2. The van der Waals surface area contributed by atoms with Crippen LogP contribution in [0.4, 0.5) is 0 Å². The fourth-order valence-electron chi connectivity index (χ4n) is 2.82. The number of nitrogens with one attached hydrogen (secondary N) is 2. The van der Waals surface area contributed by atoms with Gasteiger partial charge in [0.05, 0.1) is 12.3 Å². The Hall–Kier alpha value is -3.75. The summed E-state index contributed by atoms with van der Waals surface area (Å²) in [6.45, 7) is 2.69. The summed E-state index contributed by atoms with van der Waals surface area (Å²) in [5, 5.41) is 6.62. The minimum absolute atomic E-state index is 0.129. The summed E-state index contributed by atoms with van der Waals surface area (Å²) < 4.78 is 21.5. The minimum atomic E-state index is -0.448. The van der Waals surface area contributed by atoms with Gasteiger partial charge in [-0.1, -0.05) is 0 Å². The molecule has 2 N–H and O–H groups in total. The summed E-state index contributed by atoms with van der Waals surface area (Å²) in [6, 6.07) is 10.3. The number of hydrogen-bond donors (Lipinski definition) is 2. The van der Waals surface area contributed by atoms with E-state index in [0.717, 1.165) is 5.56 Å². The van der Waals surface area contributed by atoms with Crippen LogP contribution in [0.15, 0.2) is 41.5 Å². The van der Waals surface area contributed by atoms with Crippen molar-refractivity contribution in [2.24, 2.45) is 5.10 Å². The largest absolute Gasteiger partial charge is 0.486 e. The first kappa shape index (κ1) is 18.6. The first-order valence-electron chi connectivity index (χ1n) is 9.01. The fourth-order valence-corrected chi connectivity index (χ4v) is 2.82. The van der Waals surface area contributed by atoms with Crippen LogP contribution >= 0.6 is 0 Å². The molecule has 2 heterocycles. The second kappa shape index (κ2) is 8.09. The van der Waals surface area contributed by atoms with E-state index in [-0.39, 0.29) is 13.3 Å². The van der Waals surface area contributed by atoms with E-state index in [1.54, 1.807) is 37.3 Å². The van der Waals surface area contributed by atoms with E-state index in [1.165, 1.54) is 0 Å². The topological polar surface area (TPSA) is 107 Å². The van der Waals surface area contributed by atoms with Gasteiger partial charge >= 0.3 is 0 Å². The van der Waals surface area contributed by atoms with Crippen LogP contribution in [0.3, 0.4) is 0 Å². The number of ether oxygens (including phenoxy) is 4. The molecule has 2 amide bonds. The van der Waals surface area contributed by atoms with Crippen LogP contribution in [-0.4, -0.2) is 44.1 Å². The molecule has 2 aliphatic heterocycles. The van der Waals surface area contributed by atoms with Gasteiger partial charge in [0, 0.05) is 11.1 Å². The first-order chi connectivity index (χ1) is 14.1. The van der Waals surface area contributed by atoms with Crippen LogP contribution < -0.4 is 29.7 Å². The van der Waals surface area contributed by atoms with Gasteiger partial charge < -0.3 is 24.3 Å². The molecule has 9 heteroatoms. The Morgan fingerprint density at radius 2 is 1.52 bits per heavy atom. The number of hydrogen-bond acceptors (Lipinski definition) is 7. The number of nitrogens with zero attached hydrogens (tertiary/aromatic N) is 1. The number of amides is 2. The van der Waals surface area contributed by atoms with Crippen molar-refractivity contribution in [3.05, 3.63) is 47.5 Å². The van der Waals surface area contributed by atoms with Crippen LogP contribution in [0.5, 0.6) is 23.0 Å². The van der Waals surface area contributed by atoms with Crippen molar-refractivity contribution in [1.82, 2.24) is 10.7 Å². The summed E-state index contributed by atoms with van der Waals surface area (Å²) in [5.74, 6) is 1.57. The monoisotopic (exact) mass is 397 g/mol. The Labute approximate surface area is 166 Å². The van der Waals surface area contributed by atoms with Gasteiger partial charge in [0.25, 0.3) is 11.8 Å². The highest BCUT2D eigenvalue weighted by Gasteiger charge is 2.17. The van der Waals surface area contributed by atoms with E-state index in [0.29, 0.717) is 47.5 Å². The van der Waals surface area contributed by atoms with Crippen molar-refractivity contribution in [2.75, 3.05) is 26.6 Å². The van der Waals surface area contributed by atoms with E-state index < -0.39 is 11.8 Å². The fraction of sp³-hybridized carbons (Fsp3) is 0.250. The quantitative estimate of drug-likeness (QED) is 0.584.